The molecule has 5 rings (SSSR count). The van der Waals surface area contributed by atoms with E-state index in [2.05, 4.69) is 24.0 Å². The van der Waals surface area contributed by atoms with E-state index in [1.807, 2.05) is 35.2 Å². The highest BCUT2D eigenvalue weighted by Crippen LogP contribution is 2.41. The standard InChI is InChI=1S/C21H19N3O3S3/c1-12-3-8-16-18(9-12)28-20(23-16)14-4-6-15(7-5-14)24-17-10-30(26,27)11-19(17)29-21(24)22-13(2)25/h3-9,17,19H,10-11H2,1-2H3. The lowest BCUT2D eigenvalue weighted by atomic mass is 10.1. The van der Waals surface area contributed by atoms with Gasteiger partial charge in [-0.15, -0.1) is 11.3 Å². The molecule has 0 N–H and O–H groups in total. The van der Waals surface area contributed by atoms with Gasteiger partial charge >= 0.3 is 0 Å². The van der Waals surface area contributed by atoms with Crippen molar-refractivity contribution in [3.05, 3.63) is 48.0 Å². The number of rotatable bonds is 2. The van der Waals surface area contributed by atoms with Crippen molar-refractivity contribution in [3.8, 4) is 10.6 Å². The maximum Gasteiger partial charge on any atom is 0.244 e. The number of thiazole rings is 1. The average Bonchev–Trinajstić information content (AvgIpc) is 3.30. The van der Waals surface area contributed by atoms with Crippen molar-refractivity contribution in [3.63, 3.8) is 0 Å². The van der Waals surface area contributed by atoms with E-state index in [9.17, 15) is 13.2 Å². The Hall–Kier alpha value is -2.23. The minimum atomic E-state index is -3.08. The van der Waals surface area contributed by atoms with Gasteiger partial charge in [0.1, 0.15) is 5.01 Å². The van der Waals surface area contributed by atoms with Gasteiger partial charge in [-0.05, 0) is 48.9 Å². The summed E-state index contributed by atoms with van der Waals surface area (Å²) < 4.78 is 25.4. The van der Waals surface area contributed by atoms with Gasteiger partial charge in [0.2, 0.25) is 5.91 Å². The second-order valence-corrected chi connectivity index (χ2v) is 12.0. The number of amidine groups is 1. The molecule has 9 heteroatoms. The number of carbonyl (C=O) groups is 1. The first-order chi connectivity index (χ1) is 14.3. The third kappa shape index (κ3) is 3.55. The first-order valence-corrected chi connectivity index (χ1v) is 13.0. The number of aromatic nitrogens is 1. The summed E-state index contributed by atoms with van der Waals surface area (Å²) in [4.78, 5) is 22.4. The Morgan fingerprint density at radius 1 is 1.17 bits per heavy atom. The van der Waals surface area contributed by atoms with Crippen LogP contribution in [-0.2, 0) is 14.6 Å². The van der Waals surface area contributed by atoms with Crippen LogP contribution in [0.15, 0.2) is 47.5 Å². The van der Waals surface area contributed by atoms with E-state index in [0.717, 1.165) is 26.5 Å². The molecule has 0 saturated carbocycles. The number of hydrogen-bond donors (Lipinski definition) is 0. The highest BCUT2D eigenvalue weighted by Gasteiger charge is 2.49. The Morgan fingerprint density at radius 3 is 2.67 bits per heavy atom. The lowest BCUT2D eigenvalue weighted by molar-refractivity contribution is -0.115. The molecule has 6 nitrogen and oxygen atoms in total. The summed E-state index contributed by atoms with van der Waals surface area (Å²) in [6, 6.07) is 13.9. The number of anilines is 1. The van der Waals surface area contributed by atoms with Crippen LogP contribution in [0.4, 0.5) is 5.69 Å². The minimum Gasteiger partial charge on any atom is -0.316 e. The van der Waals surface area contributed by atoms with Gasteiger partial charge in [0, 0.05) is 23.4 Å². The molecule has 1 aromatic heterocycles. The van der Waals surface area contributed by atoms with Crippen LogP contribution in [-0.4, -0.2) is 47.3 Å². The lowest BCUT2D eigenvalue weighted by Crippen LogP contribution is -2.37. The van der Waals surface area contributed by atoms with E-state index in [1.165, 1.54) is 24.2 Å². The van der Waals surface area contributed by atoms with Crippen LogP contribution in [0.25, 0.3) is 20.8 Å². The summed E-state index contributed by atoms with van der Waals surface area (Å²) in [6.07, 6.45) is 0. The fourth-order valence-electron chi connectivity index (χ4n) is 3.92. The number of nitrogens with zero attached hydrogens (tertiary/aromatic N) is 3. The molecule has 30 heavy (non-hydrogen) atoms. The van der Waals surface area contributed by atoms with Gasteiger partial charge in [0.25, 0.3) is 0 Å². The summed E-state index contributed by atoms with van der Waals surface area (Å²) in [7, 11) is -3.08. The molecule has 3 aromatic rings. The second-order valence-electron chi connectivity index (χ2n) is 7.62. The summed E-state index contributed by atoms with van der Waals surface area (Å²) in [5.41, 5.74) is 4.03. The zero-order valence-electron chi connectivity index (χ0n) is 16.4. The second kappa shape index (κ2) is 7.18. The van der Waals surface area contributed by atoms with Crippen LogP contribution in [0.1, 0.15) is 12.5 Å². The predicted molar refractivity (Wildman–Crippen MR) is 124 cm³/mol. The highest BCUT2D eigenvalue weighted by molar-refractivity contribution is 8.16. The molecular formula is C21H19N3O3S3. The number of aliphatic imine (C=N–C) groups is 1. The molecule has 0 bridgehead atoms. The topological polar surface area (TPSA) is 79.7 Å². The maximum atomic E-state index is 12.1. The minimum absolute atomic E-state index is 0.0839. The Balaban J connectivity index is 1.50. The fraction of sp³-hybridized carbons (Fsp3) is 0.286. The number of sulfone groups is 1. The van der Waals surface area contributed by atoms with Gasteiger partial charge < -0.3 is 4.90 Å². The van der Waals surface area contributed by atoms with Gasteiger partial charge in [-0.1, -0.05) is 17.8 Å². The number of carbonyl (C=O) groups excluding carboxylic acids is 1. The number of thioether (sulfide) groups is 1. The smallest absolute Gasteiger partial charge is 0.244 e. The molecule has 0 radical (unpaired) electrons. The Labute approximate surface area is 183 Å². The third-order valence-electron chi connectivity index (χ3n) is 5.26. The average molecular weight is 458 g/mol. The molecule has 2 unspecified atom stereocenters. The molecular weight excluding hydrogens is 438 g/mol. The van der Waals surface area contributed by atoms with Gasteiger partial charge in [0.15, 0.2) is 15.0 Å². The van der Waals surface area contributed by atoms with Crippen LogP contribution >= 0.6 is 23.1 Å². The van der Waals surface area contributed by atoms with Crippen molar-refractivity contribution in [2.45, 2.75) is 25.1 Å². The van der Waals surface area contributed by atoms with Crippen LogP contribution in [0, 0.1) is 6.92 Å². The molecule has 2 aromatic carbocycles. The molecule has 2 aliphatic rings. The summed E-state index contributed by atoms with van der Waals surface area (Å²) in [5.74, 6) is -0.0776. The van der Waals surface area contributed by atoms with Gasteiger partial charge in [-0.2, -0.15) is 4.99 Å². The molecule has 2 fully saturated rings. The maximum absolute atomic E-state index is 12.1. The monoisotopic (exact) mass is 457 g/mol. The molecule has 3 heterocycles. The Bertz CT molecular complexity index is 1300. The van der Waals surface area contributed by atoms with Gasteiger partial charge in [-0.25, -0.2) is 13.4 Å². The molecule has 1 amide bonds. The van der Waals surface area contributed by atoms with Crippen LogP contribution in [0.5, 0.6) is 0 Å². The van der Waals surface area contributed by atoms with Crippen molar-refractivity contribution in [2.24, 2.45) is 4.99 Å². The molecule has 2 atom stereocenters. The molecule has 0 aliphatic carbocycles. The zero-order valence-corrected chi connectivity index (χ0v) is 18.9. The largest absolute Gasteiger partial charge is 0.316 e. The van der Waals surface area contributed by atoms with Crippen LogP contribution in [0.2, 0.25) is 0 Å². The quantitative estimate of drug-likeness (QED) is 0.581. The van der Waals surface area contributed by atoms with E-state index in [4.69, 9.17) is 4.98 Å². The summed E-state index contributed by atoms with van der Waals surface area (Å²) >= 11 is 3.04. The van der Waals surface area contributed by atoms with Crippen molar-refractivity contribution in [1.29, 1.82) is 0 Å². The van der Waals surface area contributed by atoms with Crippen LogP contribution in [0.3, 0.4) is 0 Å². The van der Waals surface area contributed by atoms with E-state index < -0.39 is 9.84 Å². The first kappa shape index (κ1) is 19.7. The summed E-state index contributed by atoms with van der Waals surface area (Å²) in [6.45, 7) is 3.48. The number of aryl methyl sites for hydroxylation is 1. The number of fused-ring (bicyclic) bond motifs is 2. The van der Waals surface area contributed by atoms with Crippen LogP contribution < -0.4 is 4.90 Å². The van der Waals surface area contributed by atoms with Crippen molar-refractivity contribution < 1.29 is 13.2 Å². The van der Waals surface area contributed by atoms with E-state index in [0.29, 0.717) is 5.17 Å². The van der Waals surface area contributed by atoms with Gasteiger partial charge in [0.05, 0.1) is 27.8 Å². The van der Waals surface area contributed by atoms with Crippen molar-refractivity contribution in [2.75, 3.05) is 16.4 Å². The number of hydrogen-bond acceptors (Lipinski definition) is 6. The Morgan fingerprint density at radius 2 is 1.93 bits per heavy atom. The molecule has 2 saturated heterocycles. The number of amides is 1. The zero-order chi connectivity index (χ0) is 21.0. The number of benzene rings is 2. The predicted octanol–water partition coefficient (Wildman–Crippen LogP) is 3.89. The SMILES string of the molecule is CC(=O)N=C1SC2CS(=O)(=O)CC2N1c1ccc(-c2nc3ccc(C)cc3s2)cc1. The fourth-order valence-corrected chi connectivity index (χ4v) is 8.95. The van der Waals surface area contributed by atoms with E-state index >= 15 is 0 Å². The molecule has 0 spiro atoms. The van der Waals surface area contributed by atoms with E-state index in [-0.39, 0.29) is 28.7 Å². The normalized spacial score (nSPS) is 23.9. The molecule has 154 valence electrons. The van der Waals surface area contributed by atoms with Crippen molar-refractivity contribution >= 4 is 59.9 Å². The molecule has 2 aliphatic heterocycles. The van der Waals surface area contributed by atoms with Crippen molar-refractivity contribution in [1.82, 2.24) is 4.98 Å². The Kier molecular flexibility index (Phi) is 4.72. The first-order valence-electron chi connectivity index (χ1n) is 9.52. The van der Waals surface area contributed by atoms with Gasteiger partial charge in [-0.3, -0.25) is 4.79 Å². The van der Waals surface area contributed by atoms with E-state index in [1.54, 1.807) is 11.3 Å². The lowest BCUT2D eigenvalue weighted by Gasteiger charge is -2.24. The summed E-state index contributed by atoms with van der Waals surface area (Å²) in [5, 5.41) is 1.42. The highest BCUT2D eigenvalue weighted by atomic mass is 32.2. The third-order valence-corrected chi connectivity index (χ3v) is 9.53.